The van der Waals surface area contributed by atoms with Gasteiger partial charge in [0.25, 0.3) is 0 Å². The minimum atomic E-state index is -4.39. The first-order valence-electron chi connectivity index (χ1n) is 22.3. The second-order valence-electron chi connectivity index (χ2n) is 14.5. The molecule has 0 rings (SSSR count). The molecule has 0 amide bonds. The normalized spacial score (nSPS) is 13.9. The maximum absolute atomic E-state index is 12.6. The number of unbranched alkanes of at least 4 members (excludes halogenated alkanes) is 18. The van der Waals surface area contributed by atoms with Gasteiger partial charge >= 0.3 is 19.8 Å². The van der Waals surface area contributed by atoms with Crippen LogP contribution in [-0.2, 0) is 32.7 Å². The zero-order chi connectivity index (χ0) is 41.1. The largest absolute Gasteiger partial charge is 0.472 e. The van der Waals surface area contributed by atoms with Gasteiger partial charge in [-0.05, 0) is 57.8 Å². The average Bonchev–Trinajstić information content (AvgIpc) is 3.18. The summed E-state index contributed by atoms with van der Waals surface area (Å²) in [6.07, 6.45) is 49.6. The Kier molecular flexibility index (Phi) is 40.6. The Morgan fingerprint density at radius 2 is 0.982 bits per heavy atom. The molecule has 0 spiro atoms. The van der Waals surface area contributed by atoms with Crippen molar-refractivity contribution >= 4 is 19.8 Å². The number of hydrogen-bond acceptors (Lipinski definition) is 8. The molecular formula is C46H82NO8P. The van der Waals surface area contributed by atoms with Crippen molar-refractivity contribution in [2.24, 2.45) is 5.73 Å². The molecule has 9 nitrogen and oxygen atoms in total. The Morgan fingerprint density at radius 1 is 0.554 bits per heavy atom. The zero-order valence-electron chi connectivity index (χ0n) is 35.6. The van der Waals surface area contributed by atoms with Gasteiger partial charge in [0.2, 0.25) is 0 Å². The van der Waals surface area contributed by atoms with Crippen LogP contribution in [0.4, 0.5) is 0 Å². The molecule has 0 aromatic rings. The predicted molar refractivity (Wildman–Crippen MR) is 233 cm³/mol. The fourth-order valence-electron chi connectivity index (χ4n) is 5.90. The van der Waals surface area contributed by atoms with Crippen molar-refractivity contribution < 1.29 is 37.6 Å². The van der Waals surface area contributed by atoms with Crippen LogP contribution in [0.15, 0.2) is 60.8 Å². The summed E-state index contributed by atoms with van der Waals surface area (Å²) in [6, 6.07) is 0. The number of ether oxygens (including phenoxy) is 2. The van der Waals surface area contributed by atoms with Gasteiger partial charge in [-0.25, -0.2) is 4.57 Å². The first kappa shape index (κ1) is 53.7. The molecule has 0 saturated heterocycles. The van der Waals surface area contributed by atoms with Gasteiger partial charge in [-0.3, -0.25) is 18.6 Å². The van der Waals surface area contributed by atoms with Crippen molar-refractivity contribution in [2.45, 2.75) is 193 Å². The summed E-state index contributed by atoms with van der Waals surface area (Å²) in [5, 5.41) is 0. The highest BCUT2D eigenvalue weighted by Crippen LogP contribution is 2.43. The zero-order valence-corrected chi connectivity index (χ0v) is 36.5. The van der Waals surface area contributed by atoms with Crippen molar-refractivity contribution in [3.05, 3.63) is 60.8 Å². The highest BCUT2D eigenvalue weighted by molar-refractivity contribution is 7.47. The topological polar surface area (TPSA) is 134 Å². The number of esters is 2. The number of nitrogens with two attached hydrogens (primary N) is 1. The summed E-state index contributed by atoms with van der Waals surface area (Å²) in [5.41, 5.74) is 5.35. The van der Waals surface area contributed by atoms with Crippen LogP contribution in [0.2, 0.25) is 0 Å². The molecule has 10 heteroatoms. The third kappa shape index (κ3) is 41.3. The maximum Gasteiger partial charge on any atom is 0.472 e. The van der Waals surface area contributed by atoms with Crippen molar-refractivity contribution in [2.75, 3.05) is 26.4 Å². The molecule has 0 aromatic heterocycles. The van der Waals surface area contributed by atoms with Crippen LogP contribution < -0.4 is 5.73 Å². The molecule has 0 aliphatic carbocycles. The van der Waals surface area contributed by atoms with Crippen molar-refractivity contribution in [3.8, 4) is 0 Å². The average molecular weight is 808 g/mol. The molecule has 2 atom stereocenters. The number of phosphoric acid groups is 1. The first-order valence-corrected chi connectivity index (χ1v) is 23.8. The molecule has 0 saturated carbocycles. The van der Waals surface area contributed by atoms with E-state index < -0.39 is 32.5 Å². The van der Waals surface area contributed by atoms with Crippen LogP contribution in [0.3, 0.4) is 0 Å². The molecule has 0 fully saturated rings. The predicted octanol–water partition coefficient (Wildman–Crippen LogP) is 12.9. The van der Waals surface area contributed by atoms with Gasteiger partial charge in [-0.2, -0.15) is 0 Å². The fourth-order valence-corrected chi connectivity index (χ4v) is 6.66. The second kappa shape index (κ2) is 42.3. The molecule has 1 unspecified atom stereocenters. The quantitative estimate of drug-likeness (QED) is 0.0268. The summed E-state index contributed by atoms with van der Waals surface area (Å²) in [4.78, 5) is 34.9. The second-order valence-corrected chi connectivity index (χ2v) is 16.0. The van der Waals surface area contributed by atoms with Gasteiger partial charge < -0.3 is 20.1 Å². The van der Waals surface area contributed by atoms with Crippen LogP contribution in [-0.4, -0.2) is 49.3 Å². The summed E-state index contributed by atoms with van der Waals surface area (Å²) in [5.74, 6) is -0.865. The SMILES string of the molecule is CC/C=C/C/C=C/C/C=C/C/C=C/C/C=C/CCCCCC(=O)OC[C@H](COP(=O)(O)OCCN)OC(=O)CCCCCCCCCCCCCCCCCC. The molecule has 0 aliphatic heterocycles. The van der Waals surface area contributed by atoms with Crippen LogP contribution in [0.1, 0.15) is 187 Å². The van der Waals surface area contributed by atoms with Crippen molar-refractivity contribution in [3.63, 3.8) is 0 Å². The van der Waals surface area contributed by atoms with E-state index in [0.29, 0.717) is 12.8 Å². The van der Waals surface area contributed by atoms with Gasteiger partial charge in [-0.1, -0.05) is 177 Å². The van der Waals surface area contributed by atoms with E-state index in [-0.39, 0.29) is 32.6 Å². The van der Waals surface area contributed by atoms with Crippen LogP contribution in [0.25, 0.3) is 0 Å². The number of hydrogen-bond donors (Lipinski definition) is 2. The van der Waals surface area contributed by atoms with Crippen molar-refractivity contribution in [1.82, 2.24) is 0 Å². The van der Waals surface area contributed by atoms with E-state index in [4.69, 9.17) is 24.3 Å². The maximum atomic E-state index is 12.6. The van der Waals surface area contributed by atoms with Gasteiger partial charge in [0.05, 0.1) is 13.2 Å². The molecule has 56 heavy (non-hydrogen) atoms. The Morgan fingerprint density at radius 3 is 1.46 bits per heavy atom. The highest BCUT2D eigenvalue weighted by Gasteiger charge is 2.26. The Hall–Kier alpha value is -2.29. The Labute approximate surface area is 342 Å². The minimum absolute atomic E-state index is 0.0472. The molecule has 0 bridgehead atoms. The number of carbonyl (C=O) groups excluding carboxylic acids is 2. The van der Waals surface area contributed by atoms with Crippen LogP contribution in [0, 0.1) is 0 Å². The van der Waals surface area contributed by atoms with Gasteiger partial charge in [0, 0.05) is 19.4 Å². The van der Waals surface area contributed by atoms with E-state index in [2.05, 4.69) is 74.6 Å². The first-order chi connectivity index (χ1) is 27.3. The minimum Gasteiger partial charge on any atom is -0.462 e. The van der Waals surface area contributed by atoms with E-state index in [1.54, 1.807) is 0 Å². The molecule has 324 valence electrons. The van der Waals surface area contributed by atoms with Gasteiger partial charge in [-0.15, -0.1) is 0 Å². The van der Waals surface area contributed by atoms with E-state index in [9.17, 15) is 19.0 Å². The molecule has 0 aliphatic rings. The smallest absolute Gasteiger partial charge is 0.462 e. The Bertz CT molecular complexity index is 1100. The summed E-state index contributed by atoms with van der Waals surface area (Å²) in [6.45, 7) is 3.59. The van der Waals surface area contributed by atoms with Crippen molar-refractivity contribution in [1.29, 1.82) is 0 Å². The van der Waals surface area contributed by atoms with E-state index in [1.165, 1.54) is 77.0 Å². The number of phosphoric ester groups is 1. The molecule has 0 aromatic carbocycles. The van der Waals surface area contributed by atoms with Crippen LogP contribution in [0.5, 0.6) is 0 Å². The lowest BCUT2D eigenvalue weighted by atomic mass is 10.0. The van der Waals surface area contributed by atoms with Gasteiger partial charge in [0.1, 0.15) is 6.61 Å². The third-order valence-corrected chi connectivity index (χ3v) is 10.2. The highest BCUT2D eigenvalue weighted by atomic mass is 31.2. The lowest BCUT2D eigenvalue weighted by Gasteiger charge is -2.19. The molecule has 3 N–H and O–H groups in total. The number of allylic oxidation sites excluding steroid dienone is 10. The monoisotopic (exact) mass is 808 g/mol. The Balaban J connectivity index is 4.20. The molecule has 0 radical (unpaired) electrons. The molecule has 0 heterocycles. The third-order valence-electron chi connectivity index (χ3n) is 9.17. The number of rotatable bonds is 41. The summed E-state index contributed by atoms with van der Waals surface area (Å²) in [7, 11) is -4.39. The molecular weight excluding hydrogens is 725 g/mol. The number of carbonyl (C=O) groups is 2. The fraction of sp³-hybridized carbons (Fsp3) is 0.739. The lowest BCUT2D eigenvalue weighted by Crippen LogP contribution is -2.29. The van der Waals surface area contributed by atoms with Crippen LogP contribution >= 0.6 is 7.82 Å². The standard InChI is InChI=1S/C46H82NO8P/c1-3-5-7-9-11-13-15-17-19-21-22-23-25-26-28-30-32-34-36-38-45(48)52-42-44(43-54-56(50,51)53-41-40-47)55-46(49)39-37-35-33-31-29-27-24-20-18-16-14-12-10-8-6-4-2/h5,7,11,13,17,19,22-23,26,28,44H,3-4,6,8-10,12,14-16,18,20-21,24-25,27,29-43,47H2,1-2H3,(H,50,51)/b7-5+,13-11+,19-17+,23-22+,28-26+/t44-/m1/s1. The van der Waals surface area contributed by atoms with E-state index >= 15 is 0 Å². The lowest BCUT2D eigenvalue weighted by molar-refractivity contribution is -0.161. The summed E-state index contributed by atoms with van der Waals surface area (Å²) < 4.78 is 32.8. The van der Waals surface area contributed by atoms with E-state index in [0.717, 1.165) is 70.6 Å². The summed E-state index contributed by atoms with van der Waals surface area (Å²) >= 11 is 0. The van der Waals surface area contributed by atoms with Gasteiger partial charge in [0.15, 0.2) is 6.10 Å². The van der Waals surface area contributed by atoms with E-state index in [1.807, 2.05) is 0 Å².